The summed E-state index contributed by atoms with van der Waals surface area (Å²) in [5.41, 5.74) is 0.231. The van der Waals surface area contributed by atoms with Crippen LogP contribution in [-0.2, 0) is 9.47 Å². The number of rotatable bonds is 2. The van der Waals surface area contributed by atoms with Gasteiger partial charge in [-0.15, -0.1) is 0 Å². The van der Waals surface area contributed by atoms with Gasteiger partial charge in [-0.1, -0.05) is 51.8 Å². The maximum Gasteiger partial charge on any atom is 0.452 e. The lowest BCUT2D eigenvalue weighted by molar-refractivity contribution is -0.00458. The van der Waals surface area contributed by atoms with Crippen LogP contribution in [0.4, 0.5) is 9.59 Å². The molecule has 0 aliphatic heterocycles. The van der Waals surface area contributed by atoms with Gasteiger partial charge in [0.05, 0.1) is 0 Å². The topological polar surface area (TPSA) is 77.3 Å². The molecule has 0 aromatic heterocycles. The summed E-state index contributed by atoms with van der Waals surface area (Å²) in [5, 5.41) is 7.01. The van der Waals surface area contributed by atoms with Gasteiger partial charge in [-0.25, -0.2) is 9.59 Å². The van der Waals surface area contributed by atoms with Gasteiger partial charge in [-0.05, 0) is 61.2 Å². The summed E-state index contributed by atoms with van der Waals surface area (Å²) in [5.74, 6) is 1.14. The Labute approximate surface area is 167 Å². The van der Waals surface area contributed by atoms with Crippen molar-refractivity contribution in [2.45, 2.75) is 92.3 Å². The zero-order chi connectivity index (χ0) is 20.5. The second-order valence-corrected chi connectivity index (χ2v) is 11.2. The first kappa shape index (κ1) is 19.8. The Hall–Kier alpha value is -1.46. The van der Waals surface area contributed by atoms with E-state index in [2.05, 4.69) is 51.8 Å². The Balaban J connectivity index is 1.33. The molecule has 156 valence electrons. The van der Waals surface area contributed by atoms with Gasteiger partial charge in [-0.3, -0.25) is 0 Å². The fourth-order valence-electron chi connectivity index (χ4n) is 6.99. The maximum absolute atomic E-state index is 12.2. The van der Waals surface area contributed by atoms with Crippen molar-refractivity contribution in [3.05, 3.63) is 0 Å². The van der Waals surface area contributed by atoms with Gasteiger partial charge in [0.15, 0.2) is 0 Å². The fraction of sp³-hybridized carbons (Fsp3) is 0.909. The first-order chi connectivity index (χ1) is 12.9. The minimum absolute atomic E-state index is 0.0351. The van der Waals surface area contributed by atoms with Crippen molar-refractivity contribution in [2.24, 2.45) is 43.7 Å². The third-order valence-corrected chi connectivity index (χ3v) is 10.1. The number of ether oxygens (including phenoxy) is 2. The van der Waals surface area contributed by atoms with E-state index in [1.54, 1.807) is 0 Å². The molecule has 0 aromatic rings. The van der Waals surface area contributed by atoms with Crippen LogP contribution in [0.15, 0.2) is 10.2 Å². The van der Waals surface area contributed by atoms with E-state index in [0.717, 1.165) is 25.7 Å². The zero-order valence-corrected chi connectivity index (χ0v) is 18.1. The van der Waals surface area contributed by atoms with Crippen molar-refractivity contribution in [1.82, 2.24) is 0 Å². The van der Waals surface area contributed by atoms with Crippen molar-refractivity contribution >= 4 is 12.2 Å². The van der Waals surface area contributed by atoms with Gasteiger partial charge in [0.2, 0.25) is 0 Å². The summed E-state index contributed by atoms with van der Waals surface area (Å²) in [6, 6.07) is 0. The maximum atomic E-state index is 12.2. The molecular formula is C22H34N2O4. The number of azo groups is 1. The van der Waals surface area contributed by atoms with E-state index in [0.29, 0.717) is 11.8 Å². The molecule has 0 saturated heterocycles. The van der Waals surface area contributed by atoms with Gasteiger partial charge >= 0.3 is 12.2 Å². The molecule has 28 heavy (non-hydrogen) atoms. The molecule has 4 rings (SSSR count). The number of fused-ring (bicyclic) bond motifs is 4. The number of hydrogen-bond acceptors (Lipinski definition) is 4. The molecule has 0 radical (unpaired) electrons. The molecule has 0 heterocycles. The van der Waals surface area contributed by atoms with Gasteiger partial charge in [0, 0.05) is 10.8 Å². The van der Waals surface area contributed by atoms with Crippen LogP contribution in [0.3, 0.4) is 0 Å². The molecule has 6 atom stereocenters. The van der Waals surface area contributed by atoms with E-state index in [1.165, 1.54) is 12.8 Å². The summed E-state index contributed by atoms with van der Waals surface area (Å²) in [6.45, 7) is 13.4. The standard InChI is InChI=1S/C22H34N2O4/c1-19(2)13-7-9-21(19,5)15(11-13)27-17(25)23-24-18(26)28-16-12-14-8-10-22(16,6)20(14,3)4/h13-16H,7-12H2,1-6H3/b24-23+. The second kappa shape index (κ2) is 6.02. The first-order valence-electron chi connectivity index (χ1n) is 10.7. The lowest BCUT2D eigenvalue weighted by Gasteiger charge is -2.38. The SMILES string of the molecule is CC1(C)C2CCC1(C)C(OC(=O)/N=N/C(=O)OC1CC3CCC1(C)C3(C)C)C2. The summed E-state index contributed by atoms with van der Waals surface area (Å²) in [6.07, 6.45) is 4.32. The largest absolute Gasteiger partial charge is 0.452 e. The summed E-state index contributed by atoms with van der Waals surface area (Å²) < 4.78 is 11.2. The monoisotopic (exact) mass is 390 g/mol. The van der Waals surface area contributed by atoms with Crippen LogP contribution >= 0.6 is 0 Å². The Bertz CT molecular complexity index is 670. The van der Waals surface area contributed by atoms with Gasteiger partial charge in [0.1, 0.15) is 12.2 Å². The average Bonchev–Trinajstić information content (AvgIpc) is 3.12. The van der Waals surface area contributed by atoms with Crippen molar-refractivity contribution in [3.8, 4) is 0 Å². The summed E-state index contributed by atoms with van der Waals surface area (Å²) >= 11 is 0. The third kappa shape index (κ3) is 2.51. The molecule has 0 spiro atoms. The van der Waals surface area contributed by atoms with E-state index >= 15 is 0 Å². The average molecular weight is 391 g/mol. The predicted octanol–water partition coefficient (Wildman–Crippen LogP) is 6.14. The quantitative estimate of drug-likeness (QED) is 0.530. The molecule has 6 heteroatoms. The molecule has 4 aliphatic carbocycles. The highest BCUT2D eigenvalue weighted by Crippen LogP contribution is 2.67. The fourth-order valence-corrected chi connectivity index (χ4v) is 6.99. The lowest BCUT2D eigenvalue weighted by Crippen LogP contribution is -2.38. The number of hydrogen-bond donors (Lipinski definition) is 0. The highest BCUT2D eigenvalue weighted by Gasteiger charge is 2.64. The van der Waals surface area contributed by atoms with E-state index < -0.39 is 12.2 Å². The molecule has 4 fully saturated rings. The Kier molecular flexibility index (Phi) is 4.27. The first-order valence-corrected chi connectivity index (χ1v) is 10.7. The van der Waals surface area contributed by atoms with Gasteiger partial charge in [0.25, 0.3) is 0 Å². The smallest absolute Gasteiger partial charge is 0.443 e. The van der Waals surface area contributed by atoms with Crippen LogP contribution in [0, 0.1) is 33.5 Å². The van der Waals surface area contributed by atoms with Crippen LogP contribution in [-0.4, -0.2) is 24.4 Å². The molecular weight excluding hydrogens is 356 g/mol. The van der Waals surface area contributed by atoms with Crippen molar-refractivity contribution in [3.63, 3.8) is 0 Å². The van der Waals surface area contributed by atoms with E-state index in [9.17, 15) is 9.59 Å². The molecule has 4 bridgehead atoms. The highest BCUT2D eigenvalue weighted by molar-refractivity contribution is 5.73. The summed E-state index contributed by atoms with van der Waals surface area (Å²) in [7, 11) is 0. The van der Waals surface area contributed by atoms with E-state index in [1.807, 2.05) is 0 Å². The predicted molar refractivity (Wildman–Crippen MR) is 104 cm³/mol. The Morgan fingerprint density at radius 2 is 1.07 bits per heavy atom. The molecule has 0 aromatic carbocycles. The number of amides is 2. The third-order valence-electron chi connectivity index (χ3n) is 10.1. The number of carbonyl (C=O) groups excluding carboxylic acids is 2. The van der Waals surface area contributed by atoms with Crippen LogP contribution < -0.4 is 0 Å². The lowest BCUT2D eigenvalue weighted by atomic mass is 9.70. The van der Waals surface area contributed by atoms with Crippen LogP contribution in [0.5, 0.6) is 0 Å². The van der Waals surface area contributed by atoms with Crippen LogP contribution in [0.25, 0.3) is 0 Å². The van der Waals surface area contributed by atoms with Crippen molar-refractivity contribution in [2.75, 3.05) is 0 Å². The normalized spacial score (nSPS) is 44.9. The van der Waals surface area contributed by atoms with E-state index in [-0.39, 0.29) is 33.9 Å². The molecule has 2 amide bonds. The van der Waals surface area contributed by atoms with Crippen molar-refractivity contribution in [1.29, 1.82) is 0 Å². The highest BCUT2D eigenvalue weighted by atomic mass is 16.6. The molecule has 6 nitrogen and oxygen atoms in total. The second-order valence-electron chi connectivity index (χ2n) is 11.2. The van der Waals surface area contributed by atoms with Crippen molar-refractivity contribution < 1.29 is 19.1 Å². The van der Waals surface area contributed by atoms with Crippen LogP contribution in [0.2, 0.25) is 0 Å². The molecule has 4 aliphatic rings. The molecule has 6 unspecified atom stereocenters. The van der Waals surface area contributed by atoms with Gasteiger partial charge in [-0.2, -0.15) is 0 Å². The number of nitrogens with zero attached hydrogens (tertiary/aromatic N) is 2. The van der Waals surface area contributed by atoms with Crippen LogP contribution in [0.1, 0.15) is 80.1 Å². The van der Waals surface area contributed by atoms with Gasteiger partial charge < -0.3 is 9.47 Å². The zero-order valence-electron chi connectivity index (χ0n) is 18.1. The minimum atomic E-state index is -0.786. The Morgan fingerprint density at radius 1 is 0.714 bits per heavy atom. The summed E-state index contributed by atoms with van der Waals surface area (Å²) in [4.78, 5) is 24.3. The number of carbonyl (C=O) groups is 2. The van der Waals surface area contributed by atoms with E-state index in [4.69, 9.17) is 9.47 Å². The molecule has 4 saturated carbocycles. The molecule has 0 N–H and O–H groups in total. The minimum Gasteiger partial charge on any atom is -0.443 e. The Morgan fingerprint density at radius 3 is 1.32 bits per heavy atom.